The molecule has 2 N–H and O–H groups in total. The molecule has 1 aromatic rings. The van der Waals surface area contributed by atoms with Crippen LogP contribution >= 0.6 is 0 Å². The Bertz CT molecular complexity index is 261. The average Bonchev–Trinajstić information content (AvgIpc) is 2.18. The number of aliphatic hydroxyl groups is 2. The first-order valence-corrected chi connectivity index (χ1v) is 5.13. The summed E-state index contributed by atoms with van der Waals surface area (Å²) in [4.78, 5) is 0. The van der Waals surface area contributed by atoms with Gasteiger partial charge in [0.25, 0.3) is 0 Å². The third-order valence-electron chi connectivity index (χ3n) is 2.24. The molecule has 0 amide bonds. The minimum absolute atomic E-state index is 0.404. The van der Waals surface area contributed by atoms with Crippen LogP contribution in [0.25, 0.3) is 0 Å². The molecule has 84 valence electrons. The summed E-state index contributed by atoms with van der Waals surface area (Å²) >= 11 is 0. The van der Waals surface area contributed by atoms with Crippen LogP contribution in [0.1, 0.15) is 19.4 Å². The molecule has 0 heterocycles. The lowest BCUT2D eigenvalue weighted by Crippen LogP contribution is -2.36. The molecule has 15 heavy (non-hydrogen) atoms. The highest BCUT2D eigenvalue weighted by molar-refractivity contribution is 5.13. The first kappa shape index (κ1) is 12.2. The van der Waals surface area contributed by atoms with E-state index in [-0.39, 0.29) is 0 Å². The molecule has 1 aromatic carbocycles. The molecule has 1 unspecified atom stereocenters. The molecule has 0 spiro atoms. The summed E-state index contributed by atoms with van der Waals surface area (Å²) in [7, 11) is 0. The van der Waals surface area contributed by atoms with E-state index in [2.05, 4.69) is 0 Å². The minimum Gasteiger partial charge on any atom is -0.391 e. The van der Waals surface area contributed by atoms with Gasteiger partial charge in [-0.3, -0.25) is 0 Å². The van der Waals surface area contributed by atoms with Gasteiger partial charge in [-0.1, -0.05) is 30.3 Å². The lowest BCUT2D eigenvalue weighted by atomic mass is 10.1. The van der Waals surface area contributed by atoms with Gasteiger partial charge in [0.2, 0.25) is 0 Å². The molecule has 0 saturated carbocycles. The Morgan fingerprint density at radius 3 is 2.07 bits per heavy atom. The lowest BCUT2D eigenvalue weighted by molar-refractivity contribution is -0.0949. The van der Waals surface area contributed by atoms with Gasteiger partial charge in [0.1, 0.15) is 6.10 Å². The van der Waals surface area contributed by atoms with Crippen LogP contribution in [-0.4, -0.2) is 28.5 Å². The van der Waals surface area contributed by atoms with Crippen molar-refractivity contribution in [1.29, 1.82) is 0 Å². The summed E-state index contributed by atoms with van der Waals surface area (Å²) in [6.45, 7) is 3.63. The number of ether oxygens (including phenoxy) is 1. The van der Waals surface area contributed by atoms with Crippen LogP contribution in [-0.2, 0) is 11.3 Å². The zero-order valence-corrected chi connectivity index (χ0v) is 9.13. The van der Waals surface area contributed by atoms with Gasteiger partial charge in [-0.25, -0.2) is 0 Å². The van der Waals surface area contributed by atoms with Gasteiger partial charge in [0.05, 0.1) is 18.8 Å². The molecule has 3 nitrogen and oxygen atoms in total. The zero-order chi connectivity index (χ0) is 11.3. The van der Waals surface area contributed by atoms with E-state index in [0.717, 1.165) is 5.56 Å². The lowest BCUT2D eigenvalue weighted by Gasteiger charge is -2.23. The van der Waals surface area contributed by atoms with E-state index in [1.807, 2.05) is 30.3 Å². The summed E-state index contributed by atoms with van der Waals surface area (Å²) in [6, 6.07) is 9.68. The monoisotopic (exact) mass is 210 g/mol. The van der Waals surface area contributed by atoms with Crippen LogP contribution in [0.5, 0.6) is 0 Å². The van der Waals surface area contributed by atoms with Crippen LogP contribution in [0, 0.1) is 0 Å². The predicted molar refractivity (Wildman–Crippen MR) is 58.4 cm³/mol. The van der Waals surface area contributed by atoms with Crippen LogP contribution in [0.15, 0.2) is 30.3 Å². The largest absolute Gasteiger partial charge is 0.391 e. The topological polar surface area (TPSA) is 49.7 Å². The van der Waals surface area contributed by atoms with E-state index < -0.39 is 18.3 Å². The van der Waals surface area contributed by atoms with Gasteiger partial charge in [0, 0.05) is 0 Å². The van der Waals surface area contributed by atoms with Gasteiger partial charge in [-0.2, -0.15) is 0 Å². The van der Waals surface area contributed by atoms with Gasteiger partial charge >= 0.3 is 0 Å². The Morgan fingerprint density at radius 2 is 1.60 bits per heavy atom. The van der Waals surface area contributed by atoms with E-state index in [1.54, 1.807) is 13.8 Å². The highest BCUT2D eigenvalue weighted by Crippen LogP contribution is 2.09. The van der Waals surface area contributed by atoms with Crippen molar-refractivity contribution in [3.8, 4) is 0 Å². The summed E-state index contributed by atoms with van der Waals surface area (Å²) in [6.07, 6.45) is -1.88. The number of aliphatic hydroxyl groups excluding tert-OH is 2. The molecule has 0 bridgehead atoms. The Hall–Kier alpha value is -0.900. The number of rotatable bonds is 5. The Kier molecular flexibility index (Phi) is 4.75. The summed E-state index contributed by atoms with van der Waals surface area (Å²) < 4.78 is 5.45. The number of benzene rings is 1. The molecule has 0 aromatic heterocycles. The standard InChI is InChI=1S/C12H18O3/c1-9(13)12(10(2)14)15-8-11-6-4-3-5-7-11/h3-7,9-10,12-14H,8H2,1-2H3/t9-,10+,12?. The molecule has 3 atom stereocenters. The predicted octanol–water partition coefficient (Wildman–Crippen LogP) is 1.33. The van der Waals surface area contributed by atoms with Crippen molar-refractivity contribution in [2.45, 2.75) is 38.8 Å². The first-order valence-electron chi connectivity index (χ1n) is 5.13. The highest BCUT2D eigenvalue weighted by Gasteiger charge is 2.20. The van der Waals surface area contributed by atoms with Gasteiger partial charge < -0.3 is 14.9 Å². The molecule has 0 radical (unpaired) electrons. The van der Waals surface area contributed by atoms with E-state index in [9.17, 15) is 10.2 Å². The minimum atomic E-state index is -0.672. The second-order valence-electron chi connectivity index (χ2n) is 3.74. The fourth-order valence-corrected chi connectivity index (χ4v) is 1.45. The molecule has 3 heteroatoms. The van der Waals surface area contributed by atoms with Crippen molar-refractivity contribution in [1.82, 2.24) is 0 Å². The van der Waals surface area contributed by atoms with Gasteiger partial charge in [-0.05, 0) is 19.4 Å². The third-order valence-corrected chi connectivity index (χ3v) is 2.24. The summed E-state index contributed by atoms with van der Waals surface area (Å²) in [5, 5.41) is 18.8. The van der Waals surface area contributed by atoms with Crippen molar-refractivity contribution >= 4 is 0 Å². The highest BCUT2D eigenvalue weighted by atomic mass is 16.5. The SMILES string of the molecule is C[C@H](O)C(OCc1ccccc1)[C@@H](C)O. The van der Waals surface area contributed by atoms with Crippen molar-refractivity contribution in [2.75, 3.05) is 0 Å². The van der Waals surface area contributed by atoms with E-state index in [4.69, 9.17) is 4.74 Å². The molecule has 0 aliphatic rings. The normalized spacial score (nSPS) is 17.1. The van der Waals surface area contributed by atoms with Crippen molar-refractivity contribution in [3.05, 3.63) is 35.9 Å². The number of hydrogen-bond acceptors (Lipinski definition) is 3. The van der Waals surface area contributed by atoms with Gasteiger partial charge in [0.15, 0.2) is 0 Å². The molecule has 0 aliphatic carbocycles. The maximum Gasteiger partial charge on any atom is 0.109 e. The van der Waals surface area contributed by atoms with Crippen molar-refractivity contribution < 1.29 is 14.9 Å². The third kappa shape index (κ3) is 4.00. The van der Waals surface area contributed by atoms with E-state index in [1.165, 1.54) is 0 Å². The molecular weight excluding hydrogens is 192 g/mol. The van der Waals surface area contributed by atoms with Crippen LogP contribution in [0.2, 0.25) is 0 Å². The molecule has 0 aliphatic heterocycles. The second kappa shape index (κ2) is 5.85. The summed E-state index contributed by atoms with van der Waals surface area (Å²) in [5.74, 6) is 0. The van der Waals surface area contributed by atoms with Crippen LogP contribution in [0.3, 0.4) is 0 Å². The fourth-order valence-electron chi connectivity index (χ4n) is 1.45. The van der Waals surface area contributed by atoms with E-state index in [0.29, 0.717) is 6.61 Å². The first-order chi connectivity index (χ1) is 7.11. The fraction of sp³-hybridized carbons (Fsp3) is 0.500. The second-order valence-corrected chi connectivity index (χ2v) is 3.74. The van der Waals surface area contributed by atoms with Crippen LogP contribution in [0.4, 0.5) is 0 Å². The molecule has 1 rings (SSSR count). The van der Waals surface area contributed by atoms with Crippen LogP contribution < -0.4 is 0 Å². The Balaban J connectivity index is 2.47. The quantitative estimate of drug-likeness (QED) is 0.771. The zero-order valence-electron chi connectivity index (χ0n) is 9.13. The average molecular weight is 210 g/mol. The van der Waals surface area contributed by atoms with Crippen molar-refractivity contribution in [2.24, 2.45) is 0 Å². The molecular formula is C12H18O3. The number of hydrogen-bond donors (Lipinski definition) is 2. The Labute approximate surface area is 90.3 Å². The van der Waals surface area contributed by atoms with E-state index >= 15 is 0 Å². The molecule has 0 saturated heterocycles. The summed E-state index contributed by atoms with van der Waals surface area (Å²) in [5.41, 5.74) is 1.03. The smallest absolute Gasteiger partial charge is 0.109 e. The van der Waals surface area contributed by atoms with Gasteiger partial charge in [-0.15, -0.1) is 0 Å². The maximum absolute atomic E-state index is 9.38. The Morgan fingerprint density at radius 1 is 1.07 bits per heavy atom. The van der Waals surface area contributed by atoms with Crippen molar-refractivity contribution in [3.63, 3.8) is 0 Å². The molecule has 0 fully saturated rings. The maximum atomic E-state index is 9.38.